The average Bonchev–Trinajstić information content (AvgIpc) is 2.68. The first-order chi connectivity index (χ1) is 7.38. The first kappa shape index (κ1) is 8.59. The molecule has 0 bridgehead atoms. The fourth-order valence-electron chi connectivity index (χ4n) is 1.79. The van der Waals surface area contributed by atoms with Crippen molar-refractivity contribution < 1.29 is 14.0 Å². The molecule has 78 valence electrons. The number of aryl methyl sites for hydroxylation is 1. The highest BCUT2D eigenvalue weighted by molar-refractivity contribution is 5.84. The minimum absolute atomic E-state index is 0.594. The van der Waals surface area contributed by atoms with Crippen LogP contribution in [-0.2, 0) is 6.42 Å². The van der Waals surface area contributed by atoms with E-state index in [4.69, 9.17) is 14.0 Å². The SMILES string of the molecule is CCc1onc2cc3c(cc12)OCCO3. The Labute approximate surface area is 86.8 Å². The molecule has 4 heteroatoms. The van der Waals surface area contributed by atoms with Gasteiger partial charge in [-0.05, 0) is 6.07 Å². The highest BCUT2D eigenvalue weighted by atomic mass is 16.6. The third-order valence-corrected chi connectivity index (χ3v) is 2.54. The van der Waals surface area contributed by atoms with Gasteiger partial charge in [0.1, 0.15) is 24.5 Å². The van der Waals surface area contributed by atoms with Crippen LogP contribution in [0.25, 0.3) is 10.9 Å². The largest absolute Gasteiger partial charge is 0.486 e. The van der Waals surface area contributed by atoms with Crippen molar-refractivity contribution in [2.75, 3.05) is 13.2 Å². The van der Waals surface area contributed by atoms with E-state index in [1.807, 2.05) is 19.1 Å². The molecule has 1 aromatic carbocycles. The van der Waals surface area contributed by atoms with E-state index >= 15 is 0 Å². The van der Waals surface area contributed by atoms with E-state index in [1.165, 1.54) is 0 Å². The lowest BCUT2D eigenvalue weighted by Gasteiger charge is -2.17. The lowest BCUT2D eigenvalue weighted by molar-refractivity contribution is 0.172. The van der Waals surface area contributed by atoms with E-state index in [-0.39, 0.29) is 0 Å². The molecular weight excluding hydrogens is 194 g/mol. The first-order valence-corrected chi connectivity index (χ1v) is 5.06. The minimum Gasteiger partial charge on any atom is -0.486 e. The second-order valence-electron chi connectivity index (χ2n) is 3.47. The summed E-state index contributed by atoms with van der Waals surface area (Å²) in [6.07, 6.45) is 0.830. The van der Waals surface area contributed by atoms with Crippen LogP contribution in [0.2, 0.25) is 0 Å². The number of fused-ring (bicyclic) bond motifs is 2. The maximum Gasteiger partial charge on any atom is 0.163 e. The maximum absolute atomic E-state index is 5.51. The molecule has 0 radical (unpaired) electrons. The third kappa shape index (κ3) is 1.25. The monoisotopic (exact) mass is 205 g/mol. The van der Waals surface area contributed by atoms with Gasteiger partial charge in [0.05, 0.1) is 0 Å². The Bertz CT molecular complexity index is 504. The Kier molecular flexibility index (Phi) is 1.80. The molecule has 0 atom stereocenters. The van der Waals surface area contributed by atoms with Crippen molar-refractivity contribution in [3.63, 3.8) is 0 Å². The lowest BCUT2D eigenvalue weighted by Crippen LogP contribution is -2.15. The summed E-state index contributed by atoms with van der Waals surface area (Å²) in [5.74, 6) is 2.43. The Balaban J connectivity index is 2.23. The lowest BCUT2D eigenvalue weighted by atomic mass is 10.1. The van der Waals surface area contributed by atoms with Gasteiger partial charge in [-0.15, -0.1) is 0 Å². The maximum atomic E-state index is 5.51. The van der Waals surface area contributed by atoms with Crippen LogP contribution in [0.4, 0.5) is 0 Å². The molecule has 0 fully saturated rings. The molecule has 0 aliphatic carbocycles. The van der Waals surface area contributed by atoms with Crippen molar-refractivity contribution in [1.29, 1.82) is 0 Å². The average molecular weight is 205 g/mol. The summed E-state index contributed by atoms with van der Waals surface area (Å²) < 4.78 is 16.2. The van der Waals surface area contributed by atoms with Gasteiger partial charge in [0, 0.05) is 17.9 Å². The smallest absolute Gasteiger partial charge is 0.163 e. The van der Waals surface area contributed by atoms with Gasteiger partial charge in [0.25, 0.3) is 0 Å². The number of hydrogen-bond acceptors (Lipinski definition) is 4. The summed E-state index contributed by atoms with van der Waals surface area (Å²) in [4.78, 5) is 0. The van der Waals surface area contributed by atoms with Gasteiger partial charge < -0.3 is 14.0 Å². The number of rotatable bonds is 1. The van der Waals surface area contributed by atoms with Crippen LogP contribution in [-0.4, -0.2) is 18.4 Å². The van der Waals surface area contributed by atoms with Crippen LogP contribution in [0.3, 0.4) is 0 Å². The quantitative estimate of drug-likeness (QED) is 0.715. The summed E-state index contributed by atoms with van der Waals surface area (Å²) in [6.45, 7) is 3.24. The standard InChI is InChI=1S/C11H11NO3/c1-2-9-7-5-10-11(14-4-3-13-10)6-8(7)12-15-9/h5-6H,2-4H2,1H3. The van der Waals surface area contributed by atoms with Gasteiger partial charge in [0.15, 0.2) is 11.5 Å². The van der Waals surface area contributed by atoms with Crippen molar-refractivity contribution >= 4 is 10.9 Å². The molecule has 0 saturated heterocycles. The van der Waals surface area contributed by atoms with E-state index in [2.05, 4.69) is 5.16 Å². The number of benzene rings is 1. The van der Waals surface area contributed by atoms with Crippen LogP contribution in [0.15, 0.2) is 16.7 Å². The normalized spacial score (nSPS) is 14.5. The first-order valence-electron chi connectivity index (χ1n) is 5.06. The summed E-state index contributed by atoms with van der Waals surface area (Å²) >= 11 is 0. The zero-order valence-corrected chi connectivity index (χ0v) is 8.45. The molecule has 1 aliphatic heterocycles. The fraction of sp³-hybridized carbons (Fsp3) is 0.364. The number of nitrogens with zero attached hydrogens (tertiary/aromatic N) is 1. The van der Waals surface area contributed by atoms with Gasteiger partial charge in [-0.2, -0.15) is 0 Å². The van der Waals surface area contributed by atoms with Gasteiger partial charge in [0.2, 0.25) is 0 Å². The Morgan fingerprint density at radius 1 is 1.20 bits per heavy atom. The molecule has 1 aliphatic rings. The van der Waals surface area contributed by atoms with Crippen molar-refractivity contribution in [2.45, 2.75) is 13.3 Å². The highest BCUT2D eigenvalue weighted by Gasteiger charge is 2.16. The zero-order valence-electron chi connectivity index (χ0n) is 8.45. The van der Waals surface area contributed by atoms with E-state index in [0.29, 0.717) is 13.2 Å². The van der Waals surface area contributed by atoms with Crippen LogP contribution in [0, 0.1) is 0 Å². The van der Waals surface area contributed by atoms with Crippen molar-refractivity contribution in [1.82, 2.24) is 5.16 Å². The molecule has 1 aromatic heterocycles. The Morgan fingerprint density at radius 3 is 2.67 bits per heavy atom. The summed E-state index contributed by atoms with van der Waals surface area (Å²) in [6, 6.07) is 3.81. The van der Waals surface area contributed by atoms with Crippen LogP contribution >= 0.6 is 0 Å². The fourth-order valence-corrected chi connectivity index (χ4v) is 1.79. The third-order valence-electron chi connectivity index (χ3n) is 2.54. The van der Waals surface area contributed by atoms with Crippen LogP contribution < -0.4 is 9.47 Å². The van der Waals surface area contributed by atoms with E-state index in [1.54, 1.807) is 0 Å². The molecule has 0 N–H and O–H groups in total. The second-order valence-corrected chi connectivity index (χ2v) is 3.47. The van der Waals surface area contributed by atoms with E-state index < -0.39 is 0 Å². The van der Waals surface area contributed by atoms with Crippen LogP contribution in [0.5, 0.6) is 11.5 Å². The van der Waals surface area contributed by atoms with Crippen LogP contribution in [0.1, 0.15) is 12.7 Å². The van der Waals surface area contributed by atoms with E-state index in [0.717, 1.165) is 34.6 Å². The molecule has 0 spiro atoms. The Morgan fingerprint density at radius 2 is 1.93 bits per heavy atom. The molecule has 0 unspecified atom stereocenters. The van der Waals surface area contributed by atoms with Crippen molar-refractivity contribution in [2.24, 2.45) is 0 Å². The van der Waals surface area contributed by atoms with Gasteiger partial charge in [-0.25, -0.2) is 0 Å². The molecular formula is C11H11NO3. The summed E-state index contributed by atoms with van der Waals surface area (Å²) in [5, 5.41) is 5.00. The predicted octanol–water partition coefficient (Wildman–Crippen LogP) is 2.16. The van der Waals surface area contributed by atoms with E-state index in [9.17, 15) is 0 Å². The molecule has 0 saturated carbocycles. The van der Waals surface area contributed by atoms with Gasteiger partial charge >= 0.3 is 0 Å². The molecule has 2 heterocycles. The number of hydrogen-bond donors (Lipinski definition) is 0. The molecule has 15 heavy (non-hydrogen) atoms. The topological polar surface area (TPSA) is 44.5 Å². The van der Waals surface area contributed by atoms with Gasteiger partial charge in [-0.3, -0.25) is 0 Å². The summed E-state index contributed by atoms with van der Waals surface area (Å²) in [7, 11) is 0. The predicted molar refractivity (Wildman–Crippen MR) is 54.4 cm³/mol. The number of aromatic nitrogens is 1. The second kappa shape index (κ2) is 3.15. The van der Waals surface area contributed by atoms with Crippen molar-refractivity contribution in [3.8, 4) is 11.5 Å². The summed E-state index contributed by atoms with van der Waals surface area (Å²) in [5.41, 5.74) is 0.830. The number of ether oxygens (including phenoxy) is 2. The van der Waals surface area contributed by atoms with Crippen molar-refractivity contribution in [3.05, 3.63) is 17.9 Å². The van der Waals surface area contributed by atoms with Gasteiger partial charge in [-0.1, -0.05) is 12.1 Å². The Hall–Kier alpha value is -1.71. The molecule has 3 rings (SSSR count). The minimum atomic E-state index is 0.594. The molecule has 0 amide bonds. The molecule has 4 nitrogen and oxygen atoms in total. The molecule has 2 aromatic rings. The zero-order chi connectivity index (χ0) is 10.3. The highest BCUT2D eigenvalue weighted by Crippen LogP contribution is 2.35.